The molecule has 8 nitrogen and oxygen atoms in total. The van der Waals surface area contributed by atoms with Crippen LogP contribution in [0.1, 0.15) is 73.6 Å². The first-order valence-electron chi connectivity index (χ1n) is 17.2. The van der Waals surface area contributed by atoms with Crippen LogP contribution in [-0.2, 0) is 35.4 Å². The summed E-state index contributed by atoms with van der Waals surface area (Å²) in [6.07, 6.45) is 11.4. The average molecular weight is 662 g/mol. The standard InChI is InChI=1S/C41H47N3O5/c1-43-41(42)44-33-12-8-11-29(25-33)10-6-4-3-5-7-13-35-27-34(45)19-15-30-17-22-39(47-2)40(26-30)49-28-31-16-20-36-32(24-31)18-21-38(46)37(36)14-9-23-48-35/h8,11-12,16-18,20-22,24-26,35,46H,3-7,10,13-15,19,27-28H2,1-2H3,(H3,42,43,44). The van der Waals surface area contributed by atoms with E-state index in [0.29, 0.717) is 49.7 Å². The highest BCUT2D eigenvalue weighted by molar-refractivity contribution is 5.92. The molecule has 2 aliphatic rings. The molecule has 2 heterocycles. The Morgan fingerprint density at radius 2 is 1.84 bits per heavy atom. The Bertz CT molecular complexity index is 1820. The van der Waals surface area contributed by atoms with Crippen molar-refractivity contribution in [1.82, 2.24) is 0 Å². The van der Waals surface area contributed by atoms with Gasteiger partial charge in [-0.05, 0) is 96.0 Å². The smallest absolute Gasteiger partial charge is 0.192 e. The summed E-state index contributed by atoms with van der Waals surface area (Å²) in [7, 11) is 3.29. The van der Waals surface area contributed by atoms with Gasteiger partial charge in [0, 0.05) is 37.6 Å². The number of unbranched alkanes of at least 4 members (excludes halogenated alkanes) is 4. The molecule has 0 amide bonds. The summed E-state index contributed by atoms with van der Waals surface area (Å²) in [6, 6.07) is 23.8. The third-order valence-corrected chi connectivity index (χ3v) is 8.94. The van der Waals surface area contributed by atoms with E-state index in [4.69, 9.17) is 19.9 Å². The van der Waals surface area contributed by atoms with E-state index in [2.05, 4.69) is 40.5 Å². The molecule has 0 spiro atoms. The first-order chi connectivity index (χ1) is 23.9. The number of benzene rings is 4. The number of aryl methyl sites for hydroxylation is 2. The molecule has 0 radical (unpaired) electrons. The van der Waals surface area contributed by atoms with Crippen LogP contribution in [0.5, 0.6) is 17.2 Å². The molecule has 1 unspecified atom stereocenters. The highest BCUT2D eigenvalue weighted by Crippen LogP contribution is 2.32. The number of nitrogens with one attached hydrogen (secondary N) is 1. The molecule has 8 heteroatoms. The molecule has 256 valence electrons. The molecule has 6 rings (SSSR count). The molecule has 0 saturated carbocycles. The van der Waals surface area contributed by atoms with Gasteiger partial charge in [0.25, 0.3) is 0 Å². The zero-order valence-electron chi connectivity index (χ0n) is 28.6. The molecule has 0 aromatic heterocycles. The minimum Gasteiger partial charge on any atom is -0.508 e. The second kappa shape index (κ2) is 17.8. The van der Waals surface area contributed by atoms with Gasteiger partial charge in [-0.1, -0.05) is 61.6 Å². The molecule has 0 fully saturated rings. The van der Waals surface area contributed by atoms with Gasteiger partial charge >= 0.3 is 0 Å². The van der Waals surface area contributed by atoms with Crippen LogP contribution in [0, 0.1) is 12.0 Å². The Hall–Kier alpha value is -5.16. The highest BCUT2D eigenvalue weighted by atomic mass is 16.5. The van der Waals surface area contributed by atoms with Crippen LogP contribution in [0.3, 0.4) is 0 Å². The molecular formula is C41H47N3O5. The van der Waals surface area contributed by atoms with Crippen molar-refractivity contribution < 1.29 is 24.1 Å². The molecule has 4 N–H and O–H groups in total. The van der Waals surface area contributed by atoms with E-state index in [9.17, 15) is 9.90 Å². The maximum absolute atomic E-state index is 13.2. The number of phenols is 1. The number of phenolic OH excluding ortho intramolecular Hbond substituents is 1. The van der Waals surface area contributed by atoms with Gasteiger partial charge in [-0.25, -0.2) is 0 Å². The van der Waals surface area contributed by atoms with Crippen LogP contribution in [0.4, 0.5) is 5.69 Å². The van der Waals surface area contributed by atoms with Crippen molar-refractivity contribution in [3.8, 4) is 29.3 Å². The molecule has 49 heavy (non-hydrogen) atoms. The predicted octanol–water partition coefficient (Wildman–Crippen LogP) is 7.87. The molecule has 0 aliphatic carbocycles. The first kappa shape index (κ1) is 35.2. The Morgan fingerprint density at radius 3 is 2.69 bits per heavy atom. The lowest BCUT2D eigenvalue weighted by Gasteiger charge is -2.15. The third kappa shape index (κ3) is 10.4. The number of aromatic hydroxyl groups is 1. The number of carbonyl (C=O) groups excluding carboxylic acids is 1. The van der Waals surface area contributed by atoms with E-state index in [1.54, 1.807) is 20.2 Å². The normalized spacial score (nSPS) is 15.3. The van der Waals surface area contributed by atoms with Crippen molar-refractivity contribution in [2.45, 2.75) is 83.3 Å². The van der Waals surface area contributed by atoms with Gasteiger partial charge in [-0.2, -0.15) is 0 Å². The fraction of sp³-hybridized carbons (Fsp3) is 0.366. The first-order valence-corrected chi connectivity index (χ1v) is 17.2. The number of hydrogen-bond donors (Lipinski definition) is 3. The number of ether oxygens (including phenoxy) is 3. The van der Waals surface area contributed by atoms with Gasteiger partial charge in [-0.3, -0.25) is 9.79 Å². The van der Waals surface area contributed by atoms with Crippen LogP contribution in [0.25, 0.3) is 10.8 Å². The molecule has 4 aromatic carbocycles. The number of nitrogens with two attached hydrogens (primary N) is 1. The fourth-order valence-electron chi connectivity index (χ4n) is 6.19. The largest absolute Gasteiger partial charge is 0.508 e. The number of methoxy groups -OCH3 is 1. The lowest BCUT2D eigenvalue weighted by Crippen LogP contribution is -2.21. The summed E-state index contributed by atoms with van der Waals surface area (Å²) in [5, 5.41) is 15.7. The Balaban J connectivity index is 1.21. The minimum atomic E-state index is -0.283. The SMILES string of the molecule is CN=C(N)Nc1cccc(CCCCCCCC2CC(=O)CCc3ccc(OC)c(c3)OCc3ccc4c(c(O)ccc4c3)CC#CO2)c1. The van der Waals surface area contributed by atoms with E-state index >= 15 is 0 Å². The molecular weight excluding hydrogens is 614 g/mol. The summed E-state index contributed by atoms with van der Waals surface area (Å²) in [6.45, 7) is 0.358. The van der Waals surface area contributed by atoms with E-state index in [1.807, 2.05) is 48.5 Å². The van der Waals surface area contributed by atoms with Gasteiger partial charge in [0.05, 0.1) is 7.11 Å². The van der Waals surface area contributed by atoms with Crippen molar-refractivity contribution in [3.05, 3.63) is 95.1 Å². The van der Waals surface area contributed by atoms with Crippen LogP contribution < -0.4 is 20.5 Å². The summed E-state index contributed by atoms with van der Waals surface area (Å²) >= 11 is 0. The van der Waals surface area contributed by atoms with Crippen LogP contribution in [0.15, 0.2) is 77.8 Å². The van der Waals surface area contributed by atoms with Crippen molar-refractivity contribution in [2.75, 3.05) is 19.5 Å². The molecule has 2 aliphatic heterocycles. The van der Waals surface area contributed by atoms with Crippen LogP contribution in [0.2, 0.25) is 0 Å². The molecule has 4 aromatic rings. The maximum Gasteiger partial charge on any atom is 0.192 e. The van der Waals surface area contributed by atoms with Crippen molar-refractivity contribution in [1.29, 1.82) is 0 Å². The third-order valence-electron chi connectivity index (χ3n) is 8.94. The number of rotatable bonds is 10. The molecule has 0 saturated heterocycles. The Labute approximate surface area is 289 Å². The van der Waals surface area contributed by atoms with Gasteiger partial charge in [-0.15, -0.1) is 0 Å². The van der Waals surface area contributed by atoms with E-state index < -0.39 is 0 Å². The highest BCUT2D eigenvalue weighted by Gasteiger charge is 2.16. The van der Waals surface area contributed by atoms with Crippen molar-refractivity contribution >= 4 is 28.2 Å². The Morgan fingerprint density at radius 1 is 1.00 bits per heavy atom. The second-order valence-corrected chi connectivity index (χ2v) is 12.6. The summed E-state index contributed by atoms with van der Waals surface area (Å²) in [4.78, 5) is 17.1. The monoisotopic (exact) mass is 661 g/mol. The maximum atomic E-state index is 13.2. The number of aliphatic imine (C=N–C) groups is 1. The Kier molecular flexibility index (Phi) is 12.8. The average Bonchev–Trinajstić information content (AvgIpc) is 3.11. The zero-order valence-corrected chi connectivity index (χ0v) is 28.6. The lowest BCUT2D eigenvalue weighted by atomic mass is 9.99. The van der Waals surface area contributed by atoms with Gasteiger partial charge in [0.15, 0.2) is 17.5 Å². The van der Waals surface area contributed by atoms with Crippen LogP contribution >= 0.6 is 0 Å². The number of carbonyl (C=O) groups is 1. The van der Waals surface area contributed by atoms with Crippen molar-refractivity contribution in [3.63, 3.8) is 0 Å². The summed E-state index contributed by atoms with van der Waals surface area (Å²) < 4.78 is 17.8. The van der Waals surface area contributed by atoms with E-state index in [-0.39, 0.29) is 17.6 Å². The predicted molar refractivity (Wildman–Crippen MR) is 196 cm³/mol. The number of guanidine groups is 1. The number of hydrogen-bond acceptors (Lipinski definition) is 6. The van der Waals surface area contributed by atoms with E-state index in [0.717, 1.165) is 78.1 Å². The van der Waals surface area contributed by atoms with Gasteiger partial charge in [0.1, 0.15) is 30.4 Å². The number of fused-ring (bicyclic) bond motifs is 9. The minimum absolute atomic E-state index is 0.145. The number of Topliss-reactive ketones (excluding diaryl/α,β-unsaturated/α-hetero) is 1. The summed E-state index contributed by atoms with van der Waals surface area (Å²) in [5.41, 5.74) is 10.8. The molecule has 6 bridgehead atoms. The van der Waals surface area contributed by atoms with Crippen molar-refractivity contribution in [2.24, 2.45) is 10.7 Å². The number of nitrogens with zero attached hydrogens (tertiary/aromatic N) is 1. The molecule has 1 atom stereocenters. The summed E-state index contributed by atoms with van der Waals surface area (Å²) in [5.74, 6) is 5.13. The topological polar surface area (TPSA) is 115 Å². The van der Waals surface area contributed by atoms with Gasteiger partial charge < -0.3 is 30.4 Å². The quantitative estimate of drug-likeness (QED) is 0.0686. The van der Waals surface area contributed by atoms with Gasteiger partial charge in [0.2, 0.25) is 0 Å². The fourth-order valence-corrected chi connectivity index (χ4v) is 6.19. The van der Waals surface area contributed by atoms with Crippen LogP contribution in [-0.4, -0.2) is 37.1 Å². The zero-order chi connectivity index (χ0) is 34.4. The number of ketones is 1. The number of anilines is 1. The van der Waals surface area contributed by atoms with E-state index in [1.165, 1.54) is 5.56 Å². The second-order valence-electron chi connectivity index (χ2n) is 12.6. The lowest BCUT2D eigenvalue weighted by molar-refractivity contribution is -0.121.